The van der Waals surface area contributed by atoms with Crippen molar-refractivity contribution in [3.8, 4) is 0 Å². The van der Waals surface area contributed by atoms with Gasteiger partial charge in [0.05, 0.1) is 24.0 Å². The van der Waals surface area contributed by atoms with Crippen molar-refractivity contribution >= 4 is 16.9 Å². The van der Waals surface area contributed by atoms with E-state index < -0.39 is 5.97 Å². The third kappa shape index (κ3) is 3.34. The van der Waals surface area contributed by atoms with Crippen molar-refractivity contribution in [3.05, 3.63) is 70.0 Å². The number of carboxylic acids is 1. The largest absolute Gasteiger partial charge is 0.476 e. The van der Waals surface area contributed by atoms with Gasteiger partial charge >= 0.3 is 5.97 Å². The van der Waals surface area contributed by atoms with Crippen molar-refractivity contribution in [2.45, 2.75) is 38.4 Å². The minimum atomic E-state index is -1.01. The van der Waals surface area contributed by atoms with Crippen LogP contribution in [0, 0.1) is 0 Å². The summed E-state index contributed by atoms with van der Waals surface area (Å²) in [6.45, 7) is 4.61. The first-order valence-corrected chi connectivity index (χ1v) is 9.21. The van der Waals surface area contributed by atoms with Crippen LogP contribution in [0.25, 0.3) is 10.9 Å². The first kappa shape index (κ1) is 18.1. The highest BCUT2D eigenvalue weighted by Gasteiger charge is 2.28. The lowest BCUT2D eigenvalue weighted by atomic mass is 9.91. The van der Waals surface area contributed by atoms with E-state index in [2.05, 4.69) is 27.0 Å². The predicted octanol–water partition coefficient (Wildman–Crippen LogP) is 1.65. The van der Waals surface area contributed by atoms with E-state index in [1.54, 1.807) is 16.8 Å². The van der Waals surface area contributed by atoms with Crippen molar-refractivity contribution in [3.63, 3.8) is 0 Å². The van der Waals surface area contributed by atoms with Crippen LogP contribution in [-0.2, 0) is 25.9 Å². The first-order valence-electron chi connectivity index (χ1n) is 9.21. The molecule has 1 aliphatic carbocycles. The molecule has 8 heteroatoms. The number of allylic oxidation sites excluding steroid dienone is 1. The van der Waals surface area contributed by atoms with Crippen LogP contribution in [0.1, 0.15) is 34.0 Å². The molecule has 0 unspecified atom stereocenters. The van der Waals surface area contributed by atoms with E-state index in [0.29, 0.717) is 36.2 Å². The molecule has 28 heavy (non-hydrogen) atoms. The normalized spacial score (nSPS) is 16.1. The molecule has 0 spiro atoms. The second-order valence-electron chi connectivity index (χ2n) is 6.90. The molecule has 8 nitrogen and oxygen atoms in total. The van der Waals surface area contributed by atoms with Crippen LogP contribution in [-0.4, -0.2) is 36.9 Å². The first-order chi connectivity index (χ1) is 13.6. The van der Waals surface area contributed by atoms with Crippen LogP contribution in [0.3, 0.4) is 0 Å². The number of nitrogens with one attached hydrogen (secondary N) is 2. The number of fused-ring (bicyclic) bond motifs is 2. The maximum absolute atomic E-state index is 12.2. The molecule has 0 saturated carbocycles. The molecule has 1 aromatic carbocycles. The number of aromatic carboxylic acids is 1. The summed E-state index contributed by atoms with van der Waals surface area (Å²) >= 11 is 0. The molecule has 3 aromatic rings. The van der Waals surface area contributed by atoms with Crippen molar-refractivity contribution in [2.24, 2.45) is 0 Å². The molecule has 0 saturated heterocycles. The molecule has 0 radical (unpaired) electrons. The van der Waals surface area contributed by atoms with Gasteiger partial charge in [0, 0.05) is 17.3 Å². The molecule has 2 aromatic heterocycles. The Morgan fingerprint density at radius 3 is 3.04 bits per heavy atom. The lowest BCUT2D eigenvalue weighted by Gasteiger charge is -2.24. The van der Waals surface area contributed by atoms with Gasteiger partial charge in [0.1, 0.15) is 5.82 Å². The summed E-state index contributed by atoms with van der Waals surface area (Å²) in [6, 6.07) is 7.30. The Morgan fingerprint density at radius 1 is 1.43 bits per heavy atom. The zero-order valence-corrected chi connectivity index (χ0v) is 15.3. The fraction of sp³-hybridized carbons (Fsp3) is 0.300. The average Bonchev–Trinajstić information content (AvgIpc) is 3.05. The van der Waals surface area contributed by atoms with Crippen LogP contribution in [0.4, 0.5) is 0 Å². The Hall–Kier alpha value is -3.26. The van der Waals surface area contributed by atoms with Gasteiger partial charge in [0.25, 0.3) is 5.56 Å². The predicted molar refractivity (Wildman–Crippen MR) is 104 cm³/mol. The number of nitrogens with zero attached hydrogens (tertiary/aromatic N) is 3. The summed E-state index contributed by atoms with van der Waals surface area (Å²) in [5.74, 6) is -0.449. The van der Waals surface area contributed by atoms with E-state index in [0.717, 1.165) is 24.1 Å². The maximum Gasteiger partial charge on any atom is 0.356 e. The van der Waals surface area contributed by atoms with Crippen LogP contribution >= 0.6 is 0 Å². The second-order valence-corrected chi connectivity index (χ2v) is 6.90. The van der Waals surface area contributed by atoms with Gasteiger partial charge in [-0.05, 0) is 31.4 Å². The molecule has 144 valence electrons. The molecule has 2 heterocycles. The molecule has 3 N–H and O–H groups in total. The number of benzene rings is 1. The Kier molecular flexibility index (Phi) is 4.79. The van der Waals surface area contributed by atoms with E-state index in [1.165, 1.54) is 0 Å². The zero-order chi connectivity index (χ0) is 19.7. The Balaban J connectivity index is 1.52. The van der Waals surface area contributed by atoms with Gasteiger partial charge in [0.15, 0.2) is 5.69 Å². The van der Waals surface area contributed by atoms with E-state index in [1.807, 2.05) is 18.2 Å². The number of rotatable bonds is 6. The number of hydrogen-bond donors (Lipinski definition) is 3. The number of para-hydroxylation sites is 1. The third-order valence-corrected chi connectivity index (χ3v) is 5.07. The quantitative estimate of drug-likeness (QED) is 0.562. The smallest absolute Gasteiger partial charge is 0.356 e. The number of aromatic amines is 1. The molecule has 4 rings (SSSR count). The standard InChI is InChI=1S/C20H21N5O3/c1-2-9-25-16-8-7-12(10-14(16)18(24-25)20(27)28)21-11-17-22-15-6-4-3-5-13(15)19(26)23-17/h2-6,12,21H,1,7-11H2,(H,27,28)(H,22,23,26)/t12-/m1/s1. The summed E-state index contributed by atoms with van der Waals surface area (Å²) in [6.07, 6.45) is 3.88. The SMILES string of the molecule is C=CCn1nc(C(=O)O)c2c1CC[C@@H](NCc1nc3ccccc3c(=O)[nH]1)C2. The molecular weight excluding hydrogens is 358 g/mol. The van der Waals surface area contributed by atoms with E-state index in [4.69, 9.17) is 0 Å². The van der Waals surface area contributed by atoms with Gasteiger partial charge in [-0.2, -0.15) is 5.10 Å². The van der Waals surface area contributed by atoms with Gasteiger partial charge < -0.3 is 15.4 Å². The fourth-order valence-electron chi connectivity index (χ4n) is 3.77. The third-order valence-electron chi connectivity index (χ3n) is 5.07. The molecule has 1 atom stereocenters. The van der Waals surface area contributed by atoms with Crippen LogP contribution in [0.2, 0.25) is 0 Å². The van der Waals surface area contributed by atoms with Crippen molar-refractivity contribution in [2.75, 3.05) is 0 Å². The van der Waals surface area contributed by atoms with Crippen LogP contribution in [0.5, 0.6) is 0 Å². The molecule has 0 fully saturated rings. The van der Waals surface area contributed by atoms with E-state index in [-0.39, 0.29) is 17.3 Å². The molecule has 1 aliphatic rings. The average molecular weight is 379 g/mol. The highest BCUT2D eigenvalue weighted by Crippen LogP contribution is 2.25. The van der Waals surface area contributed by atoms with Crippen molar-refractivity contribution < 1.29 is 9.90 Å². The molecule has 0 bridgehead atoms. The topological polar surface area (TPSA) is 113 Å². The molecule has 0 amide bonds. The Labute approximate surface area is 160 Å². The molecule has 0 aliphatic heterocycles. The highest BCUT2D eigenvalue weighted by atomic mass is 16.4. The minimum absolute atomic E-state index is 0.0868. The number of carboxylic acid groups (broad SMARTS) is 1. The van der Waals surface area contributed by atoms with E-state index >= 15 is 0 Å². The number of H-pyrrole nitrogens is 1. The van der Waals surface area contributed by atoms with Gasteiger partial charge in [-0.15, -0.1) is 6.58 Å². The van der Waals surface area contributed by atoms with Crippen molar-refractivity contribution in [1.29, 1.82) is 0 Å². The lowest BCUT2D eigenvalue weighted by molar-refractivity contribution is 0.0688. The highest BCUT2D eigenvalue weighted by molar-refractivity contribution is 5.87. The Morgan fingerprint density at radius 2 is 2.25 bits per heavy atom. The van der Waals surface area contributed by atoms with Crippen LogP contribution < -0.4 is 10.9 Å². The monoisotopic (exact) mass is 379 g/mol. The minimum Gasteiger partial charge on any atom is -0.476 e. The van der Waals surface area contributed by atoms with E-state index in [9.17, 15) is 14.7 Å². The van der Waals surface area contributed by atoms with Gasteiger partial charge in [-0.25, -0.2) is 9.78 Å². The van der Waals surface area contributed by atoms with Crippen LogP contribution in [0.15, 0.2) is 41.7 Å². The molecular formula is C20H21N5O3. The van der Waals surface area contributed by atoms with Gasteiger partial charge in [0.2, 0.25) is 0 Å². The van der Waals surface area contributed by atoms with Crippen molar-refractivity contribution in [1.82, 2.24) is 25.1 Å². The summed E-state index contributed by atoms with van der Waals surface area (Å²) in [5.41, 5.74) is 2.35. The zero-order valence-electron chi connectivity index (χ0n) is 15.3. The lowest BCUT2D eigenvalue weighted by Crippen LogP contribution is -2.35. The number of aromatic nitrogens is 4. The van der Waals surface area contributed by atoms with Gasteiger partial charge in [-0.1, -0.05) is 18.2 Å². The Bertz CT molecular complexity index is 1110. The van der Waals surface area contributed by atoms with Gasteiger partial charge in [-0.3, -0.25) is 9.48 Å². The summed E-state index contributed by atoms with van der Waals surface area (Å²) in [5, 5.41) is 17.7. The second kappa shape index (κ2) is 7.40. The summed E-state index contributed by atoms with van der Waals surface area (Å²) in [4.78, 5) is 31.1. The number of hydrogen-bond acceptors (Lipinski definition) is 5. The fourth-order valence-corrected chi connectivity index (χ4v) is 3.77. The number of carbonyl (C=O) groups is 1. The maximum atomic E-state index is 12.2. The summed E-state index contributed by atoms with van der Waals surface area (Å²) < 4.78 is 1.73. The summed E-state index contributed by atoms with van der Waals surface area (Å²) in [7, 11) is 0.